The third-order valence-electron chi connectivity index (χ3n) is 3.18. The van der Waals surface area contributed by atoms with E-state index in [9.17, 15) is 9.90 Å². The molecule has 0 aromatic heterocycles. The standard InChI is InChI=1S/C15H23NO3/c1-3-4-14(17)10-16-9-12-5-7-13(8-6-12)11(2)15(18)19/h5-8,11,14,16-17H,3-4,9-10H2,1-2H3,(H,18,19). The van der Waals surface area contributed by atoms with Gasteiger partial charge in [-0.15, -0.1) is 0 Å². The Morgan fingerprint density at radius 2 is 1.95 bits per heavy atom. The summed E-state index contributed by atoms with van der Waals surface area (Å²) in [5.74, 6) is -1.29. The third-order valence-corrected chi connectivity index (χ3v) is 3.18. The summed E-state index contributed by atoms with van der Waals surface area (Å²) in [4.78, 5) is 10.9. The summed E-state index contributed by atoms with van der Waals surface area (Å²) in [5, 5.41) is 21.7. The molecule has 2 atom stereocenters. The van der Waals surface area contributed by atoms with E-state index in [-0.39, 0.29) is 6.10 Å². The molecule has 4 nitrogen and oxygen atoms in total. The van der Waals surface area contributed by atoms with Crippen LogP contribution in [0.15, 0.2) is 24.3 Å². The first kappa shape index (κ1) is 15.7. The van der Waals surface area contributed by atoms with Gasteiger partial charge in [0.1, 0.15) is 0 Å². The van der Waals surface area contributed by atoms with Gasteiger partial charge in [0.2, 0.25) is 0 Å². The average Bonchev–Trinajstić information content (AvgIpc) is 2.39. The molecule has 0 bridgehead atoms. The number of carboxylic acids is 1. The molecular weight excluding hydrogens is 242 g/mol. The molecule has 0 aliphatic carbocycles. The molecule has 1 aromatic carbocycles. The normalized spacial score (nSPS) is 14.1. The molecule has 3 N–H and O–H groups in total. The van der Waals surface area contributed by atoms with Crippen LogP contribution in [-0.4, -0.2) is 28.8 Å². The SMILES string of the molecule is CCCC(O)CNCc1ccc(C(C)C(=O)O)cc1. The predicted molar refractivity (Wildman–Crippen MR) is 75.1 cm³/mol. The maximum atomic E-state index is 10.9. The van der Waals surface area contributed by atoms with E-state index in [0.717, 1.165) is 24.0 Å². The van der Waals surface area contributed by atoms with Crippen LogP contribution in [0.4, 0.5) is 0 Å². The van der Waals surface area contributed by atoms with Gasteiger partial charge in [-0.25, -0.2) is 0 Å². The highest BCUT2D eigenvalue weighted by Gasteiger charge is 2.12. The maximum absolute atomic E-state index is 10.9. The first-order valence-electron chi connectivity index (χ1n) is 6.75. The van der Waals surface area contributed by atoms with E-state index in [0.29, 0.717) is 13.1 Å². The number of hydrogen-bond acceptors (Lipinski definition) is 3. The molecule has 0 amide bonds. The van der Waals surface area contributed by atoms with Crippen molar-refractivity contribution in [2.45, 2.75) is 45.3 Å². The van der Waals surface area contributed by atoms with Gasteiger partial charge in [0.05, 0.1) is 12.0 Å². The van der Waals surface area contributed by atoms with Crippen molar-refractivity contribution in [1.29, 1.82) is 0 Å². The van der Waals surface area contributed by atoms with Crippen molar-refractivity contribution >= 4 is 5.97 Å². The predicted octanol–water partition coefficient (Wildman–Crippen LogP) is 2.13. The molecule has 1 aromatic rings. The lowest BCUT2D eigenvalue weighted by Crippen LogP contribution is -2.26. The van der Waals surface area contributed by atoms with Crippen LogP contribution in [0.25, 0.3) is 0 Å². The summed E-state index contributed by atoms with van der Waals surface area (Å²) in [6.07, 6.45) is 1.49. The molecule has 0 heterocycles. The maximum Gasteiger partial charge on any atom is 0.310 e. The summed E-state index contributed by atoms with van der Waals surface area (Å²) in [7, 11) is 0. The zero-order valence-electron chi connectivity index (χ0n) is 11.6. The Kier molecular flexibility index (Phi) is 6.53. The Balaban J connectivity index is 2.42. The highest BCUT2D eigenvalue weighted by Crippen LogP contribution is 2.15. The molecule has 0 radical (unpaired) electrons. The number of aliphatic hydroxyl groups excluding tert-OH is 1. The Bertz CT molecular complexity index is 389. The van der Waals surface area contributed by atoms with Gasteiger partial charge >= 0.3 is 5.97 Å². The summed E-state index contributed by atoms with van der Waals surface area (Å²) < 4.78 is 0. The van der Waals surface area contributed by atoms with E-state index in [1.165, 1.54) is 0 Å². The fourth-order valence-electron chi connectivity index (χ4n) is 1.89. The molecule has 106 valence electrons. The average molecular weight is 265 g/mol. The van der Waals surface area contributed by atoms with Crippen LogP contribution in [0.1, 0.15) is 43.7 Å². The second-order valence-electron chi connectivity index (χ2n) is 4.87. The lowest BCUT2D eigenvalue weighted by Gasteiger charge is -2.11. The number of nitrogens with one attached hydrogen (secondary N) is 1. The first-order chi connectivity index (χ1) is 9.04. The summed E-state index contributed by atoms with van der Waals surface area (Å²) in [6, 6.07) is 7.54. The molecule has 1 rings (SSSR count). The number of benzene rings is 1. The Labute approximate surface area is 114 Å². The van der Waals surface area contributed by atoms with Gasteiger partial charge < -0.3 is 15.5 Å². The van der Waals surface area contributed by atoms with Gasteiger partial charge in [0, 0.05) is 13.1 Å². The zero-order valence-corrected chi connectivity index (χ0v) is 11.6. The fraction of sp³-hybridized carbons (Fsp3) is 0.533. The highest BCUT2D eigenvalue weighted by molar-refractivity contribution is 5.75. The number of aliphatic carboxylic acids is 1. The molecule has 0 aliphatic rings. The molecule has 0 aliphatic heterocycles. The van der Waals surface area contributed by atoms with E-state index in [4.69, 9.17) is 5.11 Å². The van der Waals surface area contributed by atoms with Crippen molar-refractivity contribution in [1.82, 2.24) is 5.32 Å². The minimum atomic E-state index is -0.812. The minimum Gasteiger partial charge on any atom is -0.481 e. The molecule has 0 saturated heterocycles. The van der Waals surface area contributed by atoms with Crippen molar-refractivity contribution in [2.24, 2.45) is 0 Å². The van der Waals surface area contributed by atoms with Crippen molar-refractivity contribution in [3.63, 3.8) is 0 Å². The van der Waals surface area contributed by atoms with Gasteiger partial charge in [0.15, 0.2) is 0 Å². The molecule has 2 unspecified atom stereocenters. The molecule has 0 spiro atoms. The fourth-order valence-corrected chi connectivity index (χ4v) is 1.89. The summed E-state index contributed by atoms with van der Waals surface area (Å²) in [5.41, 5.74) is 1.90. The molecule has 19 heavy (non-hydrogen) atoms. The van der Waals surface area contributed by atoms with Crippen LogP contribution in [0.3, 0.4) is 0 Å². The second kappa shape index (κ2) is 7.92. The first-order valence-corrected chi connectivity index (χ1v) is 6.75. The molecule has 0 saturated carbocycles. The second-order valence-corrected chi connectivity index (χ2v) is 4.87. The van der Waals surface area contributed by atoms with Crippen molar-refractivity contribution < 1.29 is 15.0 Å². The van der Waals surface area contributed by atoms with E-state index >= 15 is 0 Å². The van der Waals surface area contributed by atoms with Gasteiger partial charge in [-0.3, -0.25) is 4.79 Å². The molecular formula is C15H23NO3. The van der Waals surface area contributed by atoms with Crippen LogP contribution in [0.5, 0.6) is 0 Å². The molecule has 4 heteroatoms. The van der Waals surface area contributed by atoms with Gasteiger partial charge in [-0.05, 0) is 24.5 Å². The van der Waals surface area contributed by atoms with E-state index in [1.54, 1.807) is 6.92 Å². The smallest absolute Gasteiger partial charge is 0.310 e. The highest BCUT2D eigenvalue weighted by atomic mass is 16.4. The summed E-state index contributed by atoms with van der Waals surface area (Å²) in [6.45, 7) is 4.99. The van der Waals surface area contributed by atoms with Crippen LogP contribution in [0.2, 0.25) is 0 Å². The van der Waals surface area contributed by atoms with Gasteiger partial charge in [-0.2, -0.15) is 0 Å². The zero-order chi connectivity index (χ0) is 14.3. The number of carbonyl (C=O) groups is 1. The largest absolute Gasteiger partial charge is 0.481 e. The number of hydrogen-bond donors (Lipinski definition) is 3. The van der Waals surface area contributed by atoms with E-state index in [1.807, 2.05) is 31.2 Å². The van der Waals surface area contributed by atoms with E-state index < -0.39 is 11.9 Å². The minimum absolute atomic E-state index is 0.295. The molecule has 0 fully saturated rings. The van der Waals surface area contributed by atoms with Crippen molar-refractivity contribution in [3.8, 4) is 0 Å². The quantitative estimate of drug-likeness (QED) is 0.673. The number of carboxylic acid groups (broad SMARTS) is 1. The monoisotopic (exact) mass is 265 g/mol. The lowest BCUT2D eigenvalue weighted by atomic mass is 10.00. The van der Waals surface area contributed by atoms with Gasteiger partial charge in [0.25, 0.3) is 0 Å². The van der Waals surface area contributed by atoms with Crippen LogP contribution < -0.4 is 5.32 Å². The summed E-state index contributed by atoms with van der Waals surface area (Å²) >= 11 is 0. The Morgan fingerprint density at radius 1 is 1.32 bits per heavy atom. The van der Waals surface area contributed by atoms with E-state index in [2.05, 4.69) is 5.32 Å². The topological polar surface area (TPSA) is 69.6 Å². The van der Waals surface area contributed by atoms with Crippen molar-refractivity contribution in [2.75, 3.05) is 6.54 Å². The van der Waals surface area contributed by atoms with Crippen LogP contribution in [0, 0.1) is 0 Å². The van der Waals surface area contributed by atoms with Crippen LogP contribution >= 0.6 is 0 Å². The van der Waals surface area contributed by atoms with Crippen molar-refractivity contribution in [3.05, 3.63) is 35.4 Å². The lowest BCUT2D eigenvalue weighted by molar-refractivity contribution is -0.138. The number of aliphatic hydroxyl groups is 1. The van der Waals surface area contributed by atoms with Gasteiger partial charge in [-0.1, -0.05) is 37.6 Å². The Hall–Kier alpha value is -1.39. The number of rotatable bonds is 8. The third kappa shape index (κ3) is 5.41. The van der Waals surface area contributed by atoms with Crippen LogP contribution in [-0.2, 0) is 11.3 Å². The Morgan fingerprint density at radius 3 is 2.47 bits per heavy atom.